The Hall–Kier alpha value is -2.65. The number of aromatic nitrogens is 1. The summed E-state index contributed by atoms with van der Waals surface area (Å²) in [6.07, 6.45) is 1.90. The number of nitrogens with zero attached hydrogens (tertiary/aromatic N) is 1. The Bertz CT molecular complexity index is 1260. The first-order valence-corrected chi connectivity index (χ1v) is 9.22. The molecule has 5 rings (SSSR count). The van der Waals surface area contributed by atoms with Crippen LogP contribution in [0.4, 0.5) is 0 Å². The largest absolute Gasteiger partial charge is 0.455 e. The molecule has 0 saturated heterocycles. The van der Waals surface area contributed by atoms with Crippen LogP contribution >= 0.6 is 11.3 Å². The number of para-hydroxylation sites is 1. The van der Waals surface area contributed by atoms with E-state index in [2.05, 4.69) is 68.2 Å². The highest BCUT2D eigenvalue weighted by Crippen LogP contribution is 2.42. The number of benzene rings is 2. The van der Waals surface area contributed by atoms with E-state index in [-0.39, 0.29) is 0 Å². The topological polar surface area (TPSA) is 26.0 Å². The number of aryl methyl sites for hydroxylation is 3. The average Bonchev–Trinajstić information content (AvgIpc) is 3.13. The van der Waals surface area contributed by atoms with Crippen LogP contribution in [0.15, 0.2) is 53.1 Å². The van der Waals surface area contributed by atoms with Gasteiger partial charge in [0.05, 0.1) is 5.69 Å². The Kier molecular flexibility index (Phi) is 3.03. The van der Waals surface area contributed by atoms with Crippen molar-refractivity contribution in [2.75, 3.05) is 0 Å². The summed E-state index contributed by atoms with van der Waals surface area (Å²) in [4.78, 5) is 5.96. The summed E-state index contributed by atoms with van der Waals surface area (Å²) in [5, 5.41) is 3.72. The number of pyridine rings is 1. The molecule has 0 amide bonds. The van der Waals surface area contributed by atoms with Gasteiger partial charge in [0, 0.05) is 37.5 Å². The molecule has 5 aromatic rings. The third-order valence-electron chi connectivity index (χ3n) is 4.98. The van der Waals surface area contributed by atoms with Gasteiger partial charge in [0.2, 0.25) is 0 Å². The van der Waals surface area contributed by atoms with Gasteiger partial charge in [-0.1, -0.05) is 18.2 Å². The first-order chi connectivity index (χ1) is 12.1. The van der Waals surface area contributed by atoms with Crippen molar-refractivity contribution in [3.63, 3.8) is 0 Å². The highest BCUT2D eigenvalue weighted by molar-refractivity contribution is 7.19. The summed E-state index contributed by atoms with van der Waals surface area (Å²) in [6, 6.07) is 14.8. The van der Waals surface area contributed by atoms with Crippen molar-refractivity contribution in [2.45, 2.75) is 20.8 Å². The van der Waals surface area contributed by atoms with E-state index in [1.807, 2.05) is 17.5 Å². The minimum absolute atomic E-state index is 0.921. The van der Waals surface area contributed by atoms with E-state index in [4.69, 9.17) is 4.42 Å². The predicted molar refractivity (Wildman–Crippen MR) is 107 cm³/mol. The van der Waals surface area contributed by atoms with Crippen molar-refractivity contribution in [2.24, 2.45) is 0 Å². The Morgan fingerprint density at radius 3 is 2.60 bits per heavy atom. The lowest BCUT2D eigenvalue weighted by Crippen LogP contribution is -1.84. The van der Waals surface area contributed by atoms with Crippen LogP contribution in [0.2, 0.25) is 0 Å². The molecular formula is C22H17NOS. The quantitative estimate of drug-likeness (QED) is 0.335. The molecule has 0 radical (unpaired) electrons. The lowest BCUT2D eigenvalue weighted by molar-refractivity contribution is 0.670. The van der Waals surface area contributed by atoms with Gasteiger partial charge in [0.25, 0.3) is 0 Å². The maximum Gasteiger partial charge on any atom is 0.144 e. The molecule has 0 fully saturated rings. The summed E-state index contributed by atoms with van der Waals surface area (Å²) < 4.78 is 7.63. The number of furan rings is 1. The van der Waals surface area contributed by atoms with Crippen molar-refractivity contribution in [3.05, 3.63) is 64.7 Å². The van der Waals surface area contributed by atoms with Crippen LogP contribution in [0.25, 0.3) is 43.3 Å². The summed E-state index contributed by atoms with van der Waals surface area (Å²) in [5.74, 6) is 0. The molecule has 122 valence electrons. The van der Waals surface area contributed by atoms with Gasteiger partial charge in [-0.15, -0.1) is 11.3 Å². The fourth-order valence-electron chi connectivity index (χ4n) is 3.57. The summed E-state index contributed by atoms with van der Waals surface area (Å²) >= 11 is 1.85. The molecule has 3 heteroatoms. The lowest BCUT2D eigenvalue weighted by Gasteiger charge is -2.02. The number of rotatable bonds is 1. The fraction of sp³-hybridized carbons (Fsp3) is 0.136. The minimum atomic E-state index is 0.921. The Morgan fingerprint density at radius 1 is 0.920 bits per heavy atom. The minimum Gasteiger partial charge on any atom is -0.455 e. The maximum atomic E-state index is 6.31. The van der Waals surface area contributed by atoms with Crippen molar-refractivity contribution in [1.29, 1.82) is 0 Å². The zero-order valence-corrected chi connectivity index (χ0v) is 15.2. The van der Waals surface area contributed by atoms with Gasteiger partial charge >= 0.3 is 0 Å². The number of fused-ring (bicyclic) bond motifs is 5. The lowest BCUT2D eigenvalue weighted by atomic mass is 10.0. The van der Waals surface area contributed by atoms with Crippen LogP contribution in [0.1, 0.15) is 16.0 Å². The van der Waals surface area contributed by atoms with Gasteiger partial charge in [0.1, 0.15) is 11.2 Å². The predicted octanol–water partition coefficient (Wildman–Crippen LogP) is 6.79. The van der Waals surface area contributed by atoms with Crippen molar-refractivity contribution >= 4 is 43.4 Å². The highest BCUT2D eigenvalue weighted by Gasteiger charge is 2.17. The number of hydrogen-bond acceptors (Lipinski definition) is 3. The first kappa shape index (κ1) is 14.7. The molecule has 0 bridgehead atoms. The van der Waals surface area contributed by atoms with Crippen molar-refractivity contribution < 1.29 is 4.42 Å². The van der Waals surface area contributed by atoms with Gasteiger partial charge in [-0.25, -0.2) is 0 Å². The molecule has 0 aliphatic rings. The van der Waals surface area contributed by atoms with Crippen LogP contribution in [0, 0.1) is 20.8 Å². The van der Waals surface area contributed by atoms with Crippen LogP contribution in [-0.2, 0) is 0 Å². The summed E-state index contributed by atoms with van der Waals surface area (Å²) in [5.41, 5.74) is 6.38. The first-order valence-electron chi connectivity index (χ1n) is 8.40. The molecular weight excluding hydrogens is 326 g/mol. The van der Waals surface area contributed by atoms with Crippen molar-refractivity contribution in [1.82, 2.24) is 4.98 Å². The van der Waals surface area contributed by atoms with E-state index < -0.39 is 0 Å². The number of hydrogen-bond donors (Lipinski definition) is 0. The molecule has 3 heterocycles. The van der Waals surface area contributed by atoms with E-state index >= 15 is 0 Å². The fourth-order valence-corrected chi connectivity index (χ4v) is 4.65. The average molecular weight is 343 g/mol. The maximum absolute atomic E-state index is 6.31. The van der Waals surface area contributed by atoms with E-state index in [1.54, 1.807) is 0 Å². The van der Waals surface area contributed by atoms with E-state index in [0.717, 1.165) is 28.0 Å². The molecule has 25 heavy (non-hydrogen) atoms. The molecule has 2 nitrogen and oxygen atoms in total. The van der Waals surface area contributed by atoms with E-state index in [9.17, 15) is 0 Å². The standard InChI is InChI=1S/C22H17NOS/c1-12-7-8-17(23-11-12)15-5-4-6-16-21-18(24-22(15)16)9-10-19-20(21)13(2)14(3)25-19/h4-11H,1-3H3. The molecule has 0 aliphatic heterocycles. The molecule has 2 aromatic carbocycles. The second kappa shape index (κ2) is 5.17. The summed E-state index contributed by atoms with van der Waals surface area (Å²) in [6.45, 7) is 6.45. The third kappa shape index (κ3) is 2.06. The Labute approximate surface area is 149 Å². The Balaban J connectivity index is 1.93. The van der Waals surface area contributed by atoms with Crippen molar-refractivity contribution in [3.8, 4) is 11.3 Å². The smallest absolute Gasteiger partial charge is 0.144 e. The summed E-state index contributed by atoms with van der Waals surface area (Å²) in [7, 11) is 0. The van der Waals surface area contributed by atoms with Crippen LogP contribution in [0.5, 0.6) is 0 Å². The van der Waals surface area contributed by atoms with Crippen LogP contribution in [-0.4, -0.2) is 4.98 Å². The SMILES string of the molecule is Cc1ccc(-c2cccc3c2oc2ccc4sc(C)c(C)c4c23)nc1. The third-order valence-corrected chi connectivity index (χ3v) is 6.15. The van der Waals surface area contributed by atoms with Crippen LogP contribution in [0.3, 0.4) is 0 Å². The molecule has 0 N–H and O–H groups in total. The highest BCUT2D eigenvalue weighted by atomic mass is 32.1. The molecule has 0 spiro atoms. The molecule has 0 saturated carbocycles. The van der Waals surface area contributed by atoms with Gasteiger partial charge in [-0.3, -0.25) is 4.98 Å². The normalized spacial score (nSPS) is 11.8. The number of thiophene rings is 1. The van der Waals surface area contributed by atoms with Gasteiger partial charge < -0.3 is 4.42 Å². The molecule has 0 atom stereocenters. The zero-order valence-electron chi connectivity index (χ0n) is 14.4. The van der Waals surface area contributed by atoms with Gasteiger partial charge in [-0.2, -0.15) is 0 Å². The van der Waals surface area contributed by atoms with E-state index in [0.29, 0.717) is 0 Å². The molecule has 0 unspecified atom stereocenters. The monoisotopic (exact) mass is 343 g/mol. The molecule has 3 aromatic heterocycles. The van der Waals surface area contributed by atoms with Gasteiger partial charge in [0.15, 0.2) is 0 Å². The van der Waals surface area contributed by atoms with Gasteiger partial charge in [-0.05, 0) is 56.2 Å². The second-order valence-electron chi connectivity index (χ2n) is 6.60. The Morgan fingerprint density at radius 2 is 1.80 bits per heavy atom. The zero-order chi connectivity index (χ0) is 17.1. The second-order valence-corrected chi connectivity index (χ2v) is 7.86. The molecule has 0 aliphatic carbocycles. The van der Waals surface area contributed by atoms with Crippen LogP contribution < -0.4 is 0 Å². The van der Waals surface area contributed by atoms with E-state index in [1.165, 1.54) is 31.3 Å².